The highest BCUT2D eigenvalue weighted by Gasteiger charge is 2.25. The van der Waals surface area contributed by atoms with E-state index in [0.29, 0.717) is 38.5 Å². The highest BCUT2D eigenvalue weighted by atomic mass is 32.1. The topological polar surface area (TPSA) is 120 Å². The summed E-state index contributed by atoms with van der Waals surface area (Å²) < 4.78 is 0. The van der Waals surface area contributed by atoms with Gasteiger partial charge < -0.3 is 16.8 Å². The molecule has 0 saturated heterocycles. The molecule has 7 nitrogen and oxygen atoms in total. The number of nitrogens with zero attached hydrogens (tertiary/aromatic N) is 3. The van der Waals surface area contributed by atoms with Gasteiger partial charge in [-0.3, -0.25) is 9.78 Å². The summed E-state index contributed by atoms with van der Waals surface area (Å²) in [5.74, 6) is -0.0181. The normalized spacial score (nSPS) is 14.1. The van der Waals surface area contributed by atoms with Crippen molar-refractivity contribution in [1.29, 1.82) is 0 Å². The quantitative estimate of drug-likeness (QED) is 0.674. The Labute approximate surface area is 135 Å². The van der Waals surface area contributed by atoms with Crippen LogP contribution in [0.25, 0.3) is 21.5 Å². The van der Waals surface area contributed by atoms with Gasteiger partial charge in [0.2, 0.25) is 5.95 Å². The highest BCUT2D eigenvalue weighted by molar-refractivity contribution is 7.21. The van der Waals surface area contributed by atoms with Crippen molar-refractivity contribution in [1.82, 2.24) is 15.0 Å². The van der Waals surface area contributed by atoms with E-state index in [-0.39, 0.29) is 0 Å². The number of amides is 1. The van der Waals surface area contributed by atoms with Crippen LogP contribution in [0.4, 0.5) is 11.6 Å². The summed E-state index contributed by atoms with van der Waals surface area (Å²) in [4.78, 5) is 25.8. The van der Waals surface area contributed by atoms with E-state index in [2.05, 4.69) is 20.3 Å². The molecule has 1 aliphatic carbocycles. The summed E-state index contributed by atoms with van der Waals surface area (Å²) in [5.41, 5.74) is 13.3. The number of hydrogen-bond donors (Lipinski definition) is 3. The van der Waals surface area contributed by atoms with E-state index >= 15 is 0 Å². The Kier molecular flexibility index (Phi) is 3.12. The van der Waals surface area contributed by atoms with Crippen LogP contribution in [0.1, 0.15) is 22.5 Å². The van der Waals surface area contributed by atoms with Crippen molar-refractivity contribution in [2.45, 2.75) is 18.9 Å². The third-order valence-electron chi connectivity index (χ3n) is 3.66. The van der Waals surface area contributed by atoms with Gasteiger partial charge in [0.05, 0.1) is 16.8 Å². The third-order valence-corrected chi connectivity index (χ3v) is 4.77. The molecule has 0 atom stereocenters. The lowest BCUT2D eigenvalue weighted by molar-refractivity contribution is 0.100. The molecule has 8 heteroatoms. The summed E-state index contributed by atoms with van der Waals surface area (Å²) >= 11 is 1.19. The van der Waals surface area contributed by atoms with Crippen molar-refractivity contribution in [3.8, 4) is 11.3 Å². The van der Waals surface area contributed by atoms with Gasteiger partial charge in [-0.1, -0.05) is 0 Å². The summed E-state index contributed by atoms with van der Waals surface area (Å²) in [6, 6.07) is 4.15. The standard InChI is InChI=1S/C15H14N6OS/c16-10-9-11(7-2-1-5-18-6-7)20-15(19-8-3-4-8)21-14(9)23-12(10)13(17)22/h1-2,5-6,8H,3-4,16H2,(H2,17,22)(H,19,20,21). The Hall–Kier alpha value is -2.74. The number of carbonyl (C=O) groups excluding carboxylic acids is 1. The van der Waals surface area contributed by atoms with Gasteiger partial charge in [0, 0.05) is 24.0 Å². The first-order valence-corrected chi connectivity index (χ1v) is 8.02. The minimum Gasteiger partial charge on any atom is -0.397 e. The zero-order valence-corrected chi connectivity index (χ0v) is 12.9. The van der Waals surface area contributed by atoms with Gasteiger partial charge in [0.25, 0.3) is 5.91 Å². The zero-order valence-electron chi connectivity index (χ0n) is 12.1. The average molecular weight is 326 g/mol. The number of aromatic nitrogens is 3. The molecule has 1 saturated carbocycles. The molecule has 0 bridgehead atoms. The van der Waals surface area contributed by atoms with Crippen LogP contribution in [0.3, 0.4) is 0 Å². The van der Waals surface area contributed by atoms with Crippen LogP contribution in [0.5, 0.6) is 0 Å². The Balaban J connectivity index is 1.97. The molecule has 1 fully saturated rings. The van der Waals surface area contributed by atoms with Crippen LogP contribution in [-0.4, -0.2) is 26.9 Å². The lowest BCUT2D eigenvalue weighted by Gasteiger charge is -2.08. The number of nitrogen functional groups attached to an aromatic ring is 1. The Morgan fingerprint density at radius 1 is 1.35 bits per heavy atom. The van der Waals surface area contributed by atoms with Gasteiger partial charge in [-0.2, -0.15) is 0 Å². The fourth-order valence-electron chi connectivity index (χ4n) is 2.39. The number of pyridine rings is 1. The number of thiophene rings is 1. The SMILES string of the molecule is NC(=O)c1sc2nc(NC3CC3)nc(-c3cccnc3)c2c1N. The number of nitrogens with one attached hydrogen (secondary N) is 1. The maximum atomic E-state index is 11.6. The molecule has 116 valence electrons. The molecule has 0 spiro atoms. The number of carbonyl (C=O) groups is 1. The van der Waals surface area contributed by atoms with Crippen LogP contribution >= 0.6 is 11.3 Å². The summed E-state index contributed by atoms with van der Waals surface area (Å²) in [6.45, 7) is 0. The molecule has 23 heavy (non-hydrogen) atoms. The van der Waals surface area contributed by atoms with E-state index in [1.54, 1.807) is 12.4 Å². The maximum Gasteiger partial charge on any atom is 0.260 e. The van der Waals surface area contributed by atoms with Gasteiger partial charge >= 0.3 is 0 Å². The molecule has 0 unspecified atom stereocenters. The Morgan fingerprint density at radius 3 is 2.83 bits per heavy atom. The number of anilines is 2. The van der Waals surface area contributed by atoms with E-state index in [4.69, 9.17) is 11.5 Å². The molecule has 0 aromatic carbocycles. The predicted octanol–water partition coefficient (Wildman–Crippen LogP) is 2.01. The number of primary amides is 1. The van der Waals surface area contributed by atoms with E-state index < -0.39 is 5.91 Å². The third kappa shape index (κ3) is 2.46. The molecule has 1 aliphatic rings. The minimum absolute atomic E-state index is 0.308. The zero-order chi connectivity index (χ0) is 16.0. The van der Waals surface area contributed by atoms with Crippen molar-refractivity contribution in [3.63, 3.8) is 0 Å². The van der Waals surface area contributed by atoms with Crippen molar-refractivity contribution in [2.24, 2.45) is 5.73 Å². The molecule has 3 aromatic rings. The fourth-order valence-corrected chi connectivity index (χ4v) is 3.34. The fraction of sp³-hybridized carbons (Fsp3) is 0.200. The molecule has 3 aromatic heterocycles. The van der Waals surface area contributed by atoms with Gasteiger partial charge in [-0.25, -0.2) is 9.97 Å². The van der Waals surface area contributed by atoms with E-state index in [0.717, 1.165) is 18.4 Å². The summed E-state index contributed by atoms with van der Waals surface area (Å²) in [7, 11) is 0. The second-order valence-corrected chi connectivity index (χ2v) is 6.44. The number of nitrogens with two attached hydrogens (primary N) is 2. The molecule has 1 amide bonds. The van der Waals surface area contributed by atoms with Gasteiger partial charge in [0.1, 0.15) is 9.71 Å². The maximum absolute atomic E-state index is 11.6. The van der Waals surface area contributed by atoms with Gasteiger partial charge in [0.15, 0.2) is 0 Å². The molecule has 4 rings (SSSR count). The first kappa shape index (κ1) is 13.9. The first-order valence-electron chi connectivity index (χ1n) is 7.20. The van der Waals surface area contributed by atoms with Crippen molar-refractivity contribution >= 4 is 39.1 Å². The molecule has 0 aliphatic heterocycles. The monoisotopic (exact) mass is 326 g/mol. The van der Waals surface area contributed by atoms with Crippen LogP contribution < -0.4 is 16.8 Å². The number of rotatable bonds is 4. The lowest BCUT2D eigenvalue weighted by atomic mass is 10.1. The van der Waals surface area contributed by atoms with Crippen LogP contribution in [0.2, 0.25) is 0 Å². The van der Waals surface area contributed by atoms with E-state index in [1.165, 1.54) is 11.3 Å². The van der Waals surface area contributed by atoms with Gasteiger partial charge in [-0.05, 0) is 25.0 Å². The molecule has 3 heterocycles. The smallest absolute Gasteiger partial charge is 0.260 e. The first-order chi connectivity index (χ1) is 11.1. The summed E-state index contributed by atoms with van der Waals surface area (Å²) in [6.07, 6.45) is 5.63. The second kappa shape index (κ2) is 5.17. The number of hydrogen-bond acceptors (Lipinski definition) is 7. The minimum atomic E-state index is -0.556. The molecule has 0 radical (unpaired) electrons. The Bertz CT molecular complexity index is 903. The van der Waals surface area contributed by atoms with Gasteiger partial charge in [-0.15, -0.1) is 11.3 Å². The second-order valence-electron chi connectivity index (χ2n) is 5.45. The Morgan fingerprint density at radius 2 is 2.17 bits per heavy atom. The largest absolute Gasteiger partial charge is 0.397 e. The predicted molar refractivity (Wildman–Crippen MR) is 90.2 cm³/mol. The van der Waals surface area contributed by atoms with Crippen molar-refractivity contribution in [3.05, 3.63) is 29.4 Å². The number of fused-ring (bicyclic) bond motifs is 1. The molecular weight excluding hydrogens is 312 g/mol. The van der Waals surface area contributed by atoms with E-state index in [9.17, 15) is 4.79 Å². The lowest BCUT2D eigenvalue weighted by Crippen LogP contribution is -2.10. The van der Waals surface area contributed by atoms with Crippen LogP contribution in [0, 0.1) is 0 Å². The summed E-state index contributed by atoms with van der Waals surface area (Å²) in [5, 5.41) is 3.93. The van der Waals surface area contributed by atoms with E-state index in [1.807, 2.05) is 12.1 Å². The van der Waals surface area contributed by atoms with Crippen LogP contribution in [-0.2, 0) is 0 Å². The average Bonchev–Trinajstić information content (AvgIpc) is 3.29. The highest BCUT2D eigenvalue weighted by Crippen LogP contribution is 2.39. The van der Waals surface area contributed by atoms with Crippen LogP contribution in [0.15, 0.2) is 24.5 Å². The van der Waals surface area contributed by atoms with Crippen molar-refractivity contribution in [2.75, 3.05) is 11.1 Å². The van der Waals surface area contributed by atoms with Crippen molar-refractivity contribution < 1.29 is 4.79 Å². The molecule has 5 N–H and O–H groups in total. The molecular formula is C15H14N6OS.